The minimum absolute atomic E-state index is 0.120. The second kappa shape index (κ2) is 12.1. The van der Waals surface area contributed by atoms with Gasteiger partial charge in [-0.25, -0.2) is 0 Å². The number of rotatable bonds is 5. The molecule has 10 nitrogen and oxygen atoms in total. The summed E-state index contributed by atoms with van der Waals surface area (Å²) in [6.07, 6.45) is 5.55. The van der Waals surface area contributed by atoms with Gasteiger partial charge in [-0.15, -0.1) is 0 Å². The molecule has 3 aromatic carbocycles. The number of nitrogens with one attached hydrogen (secondary N) is 1. The van der Waals surface area contributed by atoms with Crippen LogP contribution in [0.1, 0.15) is 81.4 Å². The highest BCUT2D eigenvalue weighted by molar-refractivity contribution is 6.01. The first kappa shape index (κ1) is 30.6. The van der Waals surface area contributed by atoms with Gasteiger partial charge >= 0.3 is 0 Å². The lowest BCUT2D eigenvalue weighted by molar-refractivity contribution is -0.134. The molecule has 248 valence electrons. The van der Waals surface area contributed by atoms with E-state index in [2.05, 4.69) is 85.4 Å². The molecule has 0 saturated carbocycles. The molecule has 48 heavy (non-hydrogen) atoms. The minimum Gasteiger partial charge on any atom is -0.398 e. The number of carbonyl (C=O) groups is 2. The molecule has 5 aromatic rings. The predicted molar refractivity (Wildman–Crippen MR) is 190 cm³/mol. The summed E-state index contributed by atoms with van der Waals surface area (Å²) in [4.78, 5) is 46.6. The van der Waals surface area contributed by atoms with Gasteiger partial charge in [0.25, 0.3) is 5.56 Å². The van der Waals surface area contributed by atoms with Crippen LogP contribution >= 0.6 is 0 Å². The van der Waals surface area contributed by atoms with Crippen LogP contribution in [0.3, 0.4) is 0 Å². The Morgan fingerprint density at radius 1 is 0.812 bits per heavy atom. The van der Waals surface area contributed by atoms with E-state index in [4.69, 9.17) is 5.73 Å². The number of likely N-dealkylation sites (tertiary alicyclic amines) is 1. The Bertz CT molecular complexity index is 2100. The fraction of sp³-hybridized carbons (Fsp3) is 0.421. The number of nitrogens with zero attached hydrogens (tertiary/aromatic N) is 5. The average molecular weight is 646 g/mol. The summed E-state index contributed by atoms with van der Waals surface area (Å²) < 4.78 is 4.25. The molecule has 2 aromatic heterocycles. The summed E-state index contributed by atoms with van der Waals surface area (Å²) in [6, 6.07) is 21.5. The van der Waals surface area contributed by atoms with Gasteiger partial charge in [-0.05, 0) is 106 Å². The maximum Gasteiger partial charge on any atom is 0.284 e. The Morgan fingerprint density at radius 3 is 2.25 bits per heavy atom. The smallest absolute Gasteiger partial charge is 0.284 e. The Labute approximate surface area is 279 Å². The van der Waals surface area contributed by atoms with E-state index >= 15 is 0 Å². The molecule has 0 bridgehead atoms. The molecule has 0 aliphatic carbocycles. The van der Waals surface area contributed by atoms with Crippen LogP contribution in [0.25, 0.3) is 27.7 Å². The highest BCUT2D eigenvalue weighted by Gasteiger charge is 2.31. The maximum absolute atomic E-state index is 13.1. The van der Waals surface area contributed by atoms with Gasteiger partial charge in [-0.1, -0.05) is 30.3 Å². The fourth-order valence-electron chi connectivity index (χ4n) is 8.49. The lowest BCUT2D eigenvalue weighted by Gasteiger charge is -2.42. The first-order valence-corrected chi connectivity index (χ1v) is 17.4. The van der Waals surface area contributed by atoms with Crippen molar-refractivity contribution in [1.29, 1.82) is 0 Å². The molecular weight excluding hydrogens is 602 g/mol. The van der Waals surface area contributed by atoms with E-state index in [1.807, 2.05) is 12.1 Å². The number of nitrogens with two attached hydrogens (primary N) is 1. The summed E-state index contributed by atoms with van der Waals surface area (Å²) in [5, 5.41) is 2.94. The second-order valence-corrected chi connectivity index (χ2v) is 14.1. The van der Waals surface area contributed by atoms with Gasteiger partial charge < -0.3 is 20.1 Å². The SMILES string of the molecule is CC(C)n1c2cc(N3CCC(N4CCC(c5ccc(C6CCC(=O)NC6=O)cc5)CC4)CC3)ccc2n2c3cccc(N)c3c(=O)nc12. The Hall–Kier alpha value is -4.70. The molecule has 3 aliphatic heterocycles. The van der Waals surface area contributed by atoms with Crippen LogP contribution in [0.15, 0.2) is 65.5 Å². The molecule has 3 aliphatic rings. The van der Waals surface area contributed by atoms with Gasteiger partial charge in [-0.2, -0.15) is 4.98 Å². The van der Waals surface area contributed by atoms with E-state index < -0.39 is 0 Å². The van der Waals surface area contributed by atoms with Gasteiger partial charge in [0, 0.05) is 43.0 Å². The Kier molecular flexibility index (Phi) is 7.70. The standard InChI is InChI=1S/C38H43N7O3/c1-23(2)44-33-22-28(10-12-31(33)45-32-5-3-4-30(39)35(32)37(48)41-38(44)45)43-20-16-27(17-21-43)42-18-14-25(15-19-42)24-6-8-26(9-7-24)29-11-13-34(46)40-36(29)47/h3-10,12,22-23,25,27,29H,11,13-21,39H2,1-2H3,(H,40,46,47). The van der Waals surface area contributed by atoms with E-state index in [0.717, 1.165) is 74.0 Å². The number of imidazole rings is 1. The van der Waals surface area contributed by atoms with E-state index in [9.17, 15) is 14.4 Å². The zero-order valence-corrected chi connectivity index (χ0v) is 27.7. The summed E-state index contributed by atoms with van der Waals surface area (Å²) in [5.41, 5.74) is 12.8. The number of nitrogen functional groups attached to an aromatic ring is 1. The lowest BCUT2D eigenvalue weighted by atomic mass is 9.85. The van der Waals surface area contributed by atoms with Crippen LogP contribution in [0.2, 0.25) is 0 Å². The van der Waals surface area contributed by atoms with Crippen LogP contribution in [0.5, 0.6) is 0 Å². The van der Waals surface area contributed by atoms with Gasteiger partial charge in [0.2, 0.25) is 17.6 Å². The minimum atomic E-state index is -0.290. The third-order valence-electron chi connectivity index (χ3n) is 11.0. The molecule has 0 spiro atoms. The molecule has 3 fully saturated rings. The van der Waals surface area contributed by atoms with E-state index in [0.29, 0.717) is 41.7 Å². The largest absolute Gasteiger partial charge is 0.398 e. The first-order valence-electron chi connectivity index (χ1n) is 17.4. The molecule has 1 atom stereocenters. The van der Waals surface area contributed by atoms with Crippen LogP contribution in [0, 0.1) is 0 Å². The molecule has 3 saturated heterocycles. The maximum atomic E-state index is 13.1. The number of piperidine rings is 3. The van der Waals surface area contributed by atoms with Gasteiger partial charge in [0.1, 0.15) is 0 Å². The fourth-order valence-corrected chi connectivity index (χ4v) is 8.49. The average Bonchev–Trinajstić information content (AvgIpc) is 3.42. The summed E-state index contributed by atoms with van der Waals surface area (Å²) in [5.74, 6) is 0.612. The molecule has 2 amide bonds. The molecule has 8 rings (SSSR count). The van der Waals surface area contributed by atoms with Crippen molar-refractivity contribution in [1.82, 2.24) is 24.2 Å². The van der Waals surface area contributed by atoms with Crippen molar-refractivity contribution < 1.29 is 9.59 Å². The van der Waals surface area contributed by atoms with Gasteiger partial charge in [-0.3, -0.25) is 24.1 Å². The number of hydrogen-bond donors (Lipinski definition) is 2. The normalized spacial score (nSPS) is 20.4. The summed E-state index contributed by atoms with van der Waals surface area (Å²) in [7, 11) is 0. The Morgan fingerprint density at radius 2 is 1.54 bits per heavy atom. The highest BCUT2D eigenvalue weighted by atomic mass is 16.2. The molecule has 5 heterocycles. The van der Waals surface area contributed by atoms with E-state index in [1.165, 1.54) is 11.3 Å². The monoisotopic (exact) mass is 645 g/mol. The third-order valence-corrected chi connectivity index (χ3v) is 11.0. The van der Waals surface area contributed by atoms with Crippen molar-refractivity contribution in [3.63, 3.8) is 0 Å². The number of imide groups is 1. The quantitative estimate of drug-likeness (QED) is 0.196. The van der Waals surface area contributed by atoms with Crippen molar-refractivity contribution in [2.75, 3.05) is 36.8 Å². The van der Waals surface area contributed by atoms with Crippen LogP contribution in [0.4, 0.5) is 11.4 Å². The molecule has 3 N–H and O–H groups in total. The van der Waals surface area contributed by atoms with Crippen molar-refractivity contribution in [3.05, 3.63) is 82.1 Å². The van der Waals surface area contributed by atoms with Crippen LogP contribution in [-0.4, -0.2) is 62.9 Å². The zero-order valence-electron chi connectivity index (χ0n) is 27.7. The van der Waals surface area contributed by atoms with E-state index in [1.54, 1.807) is 6.07 Å². The van der Waals surface area contributed by atoms with Gasteiger partial charge in [0.05, 0.1) is 27.9 Å². The van der Waals surface area contributed by atoms with Crippen LogP contribution < -0.4 is 21.5 Å². The summed E-state index contributed by atoms with van der Waals surface area (Å²) >= 11 is 0. The summed E-state index contributed by atoms with van der Waals surface area (Å²) in [6.45, 7) is 8.49. The zero-order chi connectivity index (χ0) is 33.1. The Balaban J connectivity index is 0.940. The molecule has 0 radical (unpaired) electrons. The van der Waals surface area contributed by atoms with E-state index in [-0.39, 0.29) is 29.3 Å². The number of aromatic nitrogens is 3. The van der Waals surface area contributed by atoms with Crippen molar-refractivity contribution in [3.8, 4) is 0 Å². The van der Waals surface area contributed by atoms with Gasteiger partial charge in [0.15, 0.2) is 0 Å². The van der Waals surface area contributed by atoms with Crippen molar-refractivity contribution in [2.45, 2.75) is 76.3 Å². The topological polar surface area (TPSA) is 118 Å². The van der Waals surface area contributed by atoms with Crippen LogP contribution in [-0.2, 0) is 9.59 Å². The number of anilines is 2. The molecule has 10 heteroatoms. The number of hydrogen-bond acceptors (Lipinski definition) is 7. The first-order chi connectivity index (χ1) is 23.3. The number of fused-ring (bicyclic) bond motifs is 5. The lowest BCUT2D eigenvalue weighted by Crippen LogP contribution is -2.47. The molecule has 1 unspecified atom stereocenters. The van der Waals surface area contributed by atoms with Crippen molar-refractivity contribution in [2.24, 2.45) is 0 Å². The molecular formula is C38H43N7O3. The number of benzene rings is 3. The predicted octanol–water partition coefficient (Wildman–Crippen LogP) is 5.33. The second-order valence-electron chi connectivity index (χ2n) is 14.1. The highest BCUT2D eigenvalue weighted by Crippen LogP contribution is 2.35. The number of carbonyl (C=O) groups excluding carboxylic acids is 2. The third kappa shape index (κ3) is 5.23. The number of amides is 2. The van der Waals surface area contributed by atoms with Crippen molar-refractivity contribution >= 4 is 50.9 Å².